The normalized spacial score (nSPS) is 29.7. The summed E-state index contributed by atoms with van der Waals surface area (Å²) in [5.74, 6) is -4.40. The van der Waals surface area contributed by atoms with E-state index in [1.807, 2.05) is 19.2 Å². The fraction of sp³-hybridized carbons (Fsp3) is 0.810. The molecule has 9 nitrogen and oxygen atoms in total. The molecule has 2 heterocycles. The number of likely N-dealkylation sites (tertiary alicyclic amines) is 1. The second-order valence-electron chi connectivity index (χ2n) is 9.87. The molecule has 0 spiro atoms. The Kier molecular flexibility index (Phi) is 6.97. The van der Waals surface area contributed by atoms with E-state index in [0.717, 1.165) is 0 Å². The minimum absolute atomic E-state index is 0.0358. The predicted molar refractivity (Wildman–Crippen MR) is 111 cm³/mol. The van der Waals surface area contributed by atoms with E-state index in [0.29, 0.717) is 19.4 Å². The molecule has 3 aliphatic rings. The Hall–Kier alpha value is -2.37. The quantitative estimate of drug-likeness (QED) is 0.377. The summed E-state index contributed by atoms with van der Waals surface area (Å²) in [6.07, 6.45) is -4.11. The van der Waals surface area contributed by atoms with Gasteiger partial charge in [0.05, 0.1) is 5.92 Å². The number of nitrogens with zero attached hydrogens (tertiary/aromatic N) is 1. The maximum Gasteiger partial charge on any atom is 0.471 e. The first-order chi connectivity index (χ1) is 15.3. The van der Waals surface area contributed by atoms with Crippen molar-refractivity contribution >= 4 is 23.6 Å². The van der Waals surface area contributed by atoms with Crippen molar-refractivity contribution in [3.05, 3.63) is 0 Å². The lowest BCUT2D eigenvalue weighted by atomic mass is 9.95. The summed E-state index contributed by atoms with van der Waals surface area (Å²) in [5.41, 5.74) is 5.14. The van der Waals surface area contributed by atoms with Crippen LogP contribution in [0, 0.1) is 29.1 Å². The van der Waals surface area contributed by atoms with Gasteiger partial charge in [-0.15, -0.1) is 0 Å². The number of rotatable bonds is 8. The maximum absolute atomic E-state index is 13.3. The number of halogens is 3. The van der Waals surface area contributed by atoms with Gasteiger partial charge < -0.3 is 15.5 Å². The van der Waals surface area contributed by atoms with E-state index in [1.54, 1.807) is 13.8 Å². The molecule has 1 saturated carbocycles. The zero-order valence-electron chi connectivity index (χ0n) is 19.2. The molecular weight excluding hydrogens is 443 g/mol. The second kappa shape index (κ2) is 9.11. The van der Waals surface area contributed by atoms with E-state index in [-0.39, 0.29) is 42.2 Å². The van der Waals surface area contributed by atoms with Crippen LogP contribution in [0.15, 0.2) is 0 Å². The highest BCUT2D eigenvalue weighted by atomic mass is 19.4. The van der Waals surface area contributed by atoms with Crippen molar-refractivity contribution in [2.75, 3.05) is 19.6 Å². The van der Waals surface area contributed by atoms with Crippen molar-refractivity contribution in [3.8, 4) is 0 Å². The number of hydrogen-bond acceptors (Lipinski definition) is 5. The van der Waals surface area contributed by atoms with Crippen molar-refractivity contribution in [1.29, 1.82) is 0 Å². The molecule has 186 valence electrons. The van der Waals surface area contributed by atoms with Gasteiger partial charge in [0, 0.05) is 19.6 Å². The molecule has 0 aromatic rings. The third-order valence-corrected chi connectivity index (χ3v) is 7.51. The third-order valence-electron chi connectivity index (χ3n) is 7.51. The number of hydrogen-bond donors (Lipinski definition) is 4. The van der Waals surface area contributed by atoms with Gasteiger partial charge in [0.15, 0.2) is 0 Å². The number of amides is 4. The molecule has 0 aromatic heterocycles. The SMILES string of the molecule is CC[C@@H](C)[C@H](NC(=O)C(F)(F)F)C(=O)N1C[C@H]2[C@@H](C1C(=O)NNC[C@@H]1CCNC1=O)C2(C)C. The molecule has 33 heavy (non-hydrogen) atoms. The third kappa shape index (κ3) is 4.95. The zero-order chi connectivity index (χ0) is 24.7. The Balaban J connectivity index is 1.72. The lowest BCUT2D eigenvalue weighted by molar-refractivity contribution is -0.175. The lowest BCUT2D eigenvalue weighted by Crippen LogP contribution is -2.59. The van der Waals surface area contributed by atoms with Gasteiger partial charge in [-0.05, 0) is 29.6 Å². The number of hydrazine groups is 1. The average Bonchev–Trinajstić information content (AvgIpc) is 3.11. The number of fused-ring (bicyclic) bond motifs is 1. The highest BCUT2D eigenvalue weighted by Crippen LogP contribution is 2.64. The monoisotopic (exact) mass is 475 g/mol. The van der Waals surface area contributed by atoms with Crippen molar-refractivity contribution in [1.82, 2.24) is 26.4 Å². The average molecular weight is 476 g/mol. The summed E-state index contributed by atoms with van der Waals surface area (Å²) in [6, 6.07) is -2.27. The molecule has 3 rings (SSSR count). The first-order valence-corrected chi connectivity index (χ1v) is 11.3. The van der Waals surface area contributed by atoms with Gasteiger partial charge in [0.2, 0.25) is 11.8 Å². The van der Waals surface area contributed by atoms with E-state index < -0.39 is 41.9 Å². The van der Waals surface area contributed by atoms with Crippen LogP contribution in [0.25, 0.3) is 0 Å². The fourth-order valence-electron chi connectivity index (χ4n) is 5.07. The van der Waals surface area contributed by atoms with Crippen LogP contribution in [0.1, 0.15) is 40.5 Å². The minimum atomic E-state index is -5.12. The first kappa shape index (κ1) is 25.3. The Bertz CT molecular complexity index is 818. The van der Waals surface area contributed by atoms with Crippen molar-refractivity contribution in [2.45, 2.75) is 58.8 Å². The van der Waals surface area contributed by atoms with Gasteiger partial charge in [-0.25, -0.2) is 5.43 Å². The standard InChI is InChI=1S/C21H32F3N5O4/c1-5-10(2)14(27-19(33)21(22,23)24)18(32)29-9-12-13(20(12,3)4)15(29)17(31)28-26-8-11-6-7-25-16(11)30/h10-15,26H,5-9H2,1-4H3,(H,25,30)(H,27,33)(H,28,31)/t10-,11+,12+,13+,14+,15?/m1/s1. The molecule has 12 heteroatoms. The minimum Gasteiger partial charge on any atom is -0.356 e. The Morgan fingerprint density at radius 2 is 1.94 bits per heavy atom. The molecular formula is C21H32F3N5O4. The number of nitrogens with one attached hydrogen (secondary N) is 4. The van der Waals surface area contributed by atoms with Crippen molar-refractivity contribution in [3.63, 3.8) is 0 Å². The highest BCUT2D eigenvalue weighted by molar-refractivity contribution is 5.94. The van der Waals surface area contributed by atoms with Crippen LogP contribution < -0.4 is 21.5 Å². The topological polar surface area (TPSA) is 120 Å². The van der Waals surface area contributed by atoms with Crippen LogP contribution in [0.3, 0.4) is 0 Å². The Morgan fingerprint density at radius 3 is 2.48 bits per heavy atom. The predicted octanol–water partition coefficient (Wildman–Crippen LogP) is 0.320. The fourth-order valence-corrected chi connectivity index (χ4v) is 5.07. The van der Waals surface area contributed by atoms with Crippen molar-refractivity contribution < 1.29 is 32.3 Å². The van der Waals surface area contributed by atoms with E-state index in [4.69, 9.17) is 0 Å². The summed E-state index contributed by atoms with van der Waals surface area (Å²) in [7, 11) is 0. The number of carbonyl (C=O) groups excluding carboxylic acids is 4. The molecule has 1 unspecified atom stereocenters. The molecule has 0 aromatic carbocycles. The van der Waals surface area contributed by atoms with Gasteiger partial charge >= 0.3 is 12.1 Å². The number of carbonyl (C=O) groups is 4. The van der Waals surface area contributed by atoms with Crippen LogP contribution in [-0.4, -0.2) is 66.4 Å². The number of piperidine rings is 1. The van der Waals surface area contributed by atoms with Crippen molar-refractivity contribution in [2.24, 2.45) is 29.1 Å². The molecule has 0 radical (unpaired) electrons. The largest absolute Gasteiger partial charge is 0.471 e. The molecule has 3 fully saturated rings. The lowest BCUT2D eigenvalue weighted by Gasteiger charge is -2.34. The Morgan fingerprint density at radius 1 is 1.27 bits per heavy atom. The molecule has 2 aliphatic heterocycles. The van der Waals surface area contributed by atoms with E-state index >= 15 is 0 Å². The van der Waals surface area contributed by atoms with Crippen LogP contribution in [0.2, 0.25) is 0 Å². The summed E-state index contributed by atoms with van der Waals surface area (Å²) >= 11 is 0. The number of alkyl halides is 3. The summed E-state index contributed by atoms with van der Waals surface area (Å²) in [4.78, 5) is 50.9. The molecule has 0 bridgehead atoms. The van der Waals surface area contributed by atoms with Gasteiger partial charge in [0.25, 0.3) is 5.91 Å². The summed E-state index contributed by atoms with van der Waals surface area (Å²) in [6.45, 7) is 8.30. The smallest absolute Gasteiger partial charge is 0.356 e. The first-order valence-electron chi connectivity index (χ1n) is 11.3. The maximum atomic E-state index is 13.3. The molecule has 4 N–H and O–H groups in total. The van der Waals surface area contributed by atoms with E-state index in [2.05, 4.69) is 16.2 Å². The second-order valence-corrected chi connectivity index (χ2v) is 9.87. The van der Waals surface area contributed by atoms with Gasteiger partial charge in [-0.3, -0.25) is 24.6 Å². The zero-order valence-corrected chi connectivity index (χ0v) is 19.2. The highest BCUT2D eigenvalue weighted by Gasteiger charge is 2.69. The molecule has 6 atom stereocenters. The summed E-state index contributed by atoms with van der Waals surface area (Å²) < 4.78 is 38.6. The van der Waals surface area contributed by atoms with Gasteiger partial charge in [-0.2, -0.15) is 13.2 Å². The van der Waals surface area contributed by atoms with Crippen LogP contribution >= 0.6 is 0 Å². The van der Waals surface area contributed by atoms with Gasteiger partial charge in [-0.1, -0.05) is 34.1 Å². The Labute approximate surface area is 190 Å². The summed E-state index contributed by atoms with van der Waals surface area (Å²) in [5, 5.41) is 4.54. The van der Waals surface area contributed by atoms with Crippen LogP contribution in [0.5, 0.6) is 0 Å². The van der Waals surface area contributed by atoms with Crippen LogP contribution in [0.4, 0.5) is 13.2 Å². The molecule has 4 amide bonds. The van der Waals surface area contributed by atoms with Gasteiger partial charge in [0.1, 0.15) is 12.1 Å². The van der Waals surface area contributed by atoms with E-state index in [9.17, 15) is 32.3 Å². The molecule has 2 saturated heterocycles. The molecule has 1 aliphatic carbocycles. The van der Waals surface area contributed by atoms with Crippen LogP contribution in [-0.2, 0) is 19.2 Å². The van der Waals surface area contributed by atoms with E-state index in [1.165, 1.54) is 4.90 Å².